The molecule has 8 nitrogen and oxygen atoms in total. The van der Waals surface area contributed by atoms with E-state index in [1.807, 2.05) is 0 Å². The summed E-state index contributed by atoms with van der Waals surface area (Å²) in [5, 5.41) is 9.21. The van der Waals surface area contributed by atoms with Crippen molar-refractivity contribution in [2.24, 2.45) is 0 Å². The van der Waals surface area contributed by atoms with E-state index in [9.17, 15) is 26.4 Å². The van der Waals surface area contributed by atoms with Gasteiger partial charge in [-0.2, -0.15) is 0 Å². The number of carbonyl (C=O) groups is 1. The number of H-pyrrole nitrogens is 2. The molecular formula is C27H20F3N3O5S. The van der Waals surface area contributed by atoms with Crippen LogP contribution in [0.2, 0.25) is 0 Å². The van der Waals surface area contributed by atoms with Crippen LogP contribution in [0.5, 0.6) is 11.5 Å². The van der Waals surface area contributed by atoms with E-state index in [0.717, 1.165) is 18.4 Å². The van der Waals surface area contributed by atoms with Crippen LogP contribution in [0, 0.1) is 17.5 Å². The summed E-state index contributed by atoms with van der Waals surface area (Å²) in [6.45, 7) is 0. The summed E-state index contributed by atoms with van der Waals surface area (Å²) in [5.74, 6) is -3.94. The standard InChI is InChI=1S/C27H20F3N3O5S/c1-39(36,37)26-18-7-8-31-22(18)12-21(29)25(26)38-17-5-6-20(28)19(11-17)27-32-13-16(33-27)9-14-3-2-4-15(24(14)30)10-23(34)35/h2-8,11-13,31H,9-10H2,1H3,(H,32,33)(H,34,35). The van der Waals surface area contributed by atoms with Gasteiger partial charge in [-0.15, -0.1) is 0 Å². The van der Waals surface area contributed by atoms with Gasteiger partial charge in [0, 0.05) is 47.7 Å². The van der Waals surface area contributed by atoms with Gasteiger partial charge in [0.15, 0.2) is 21.4 Å². The van der Waals surface area contributed by atoms with E-state index in [1.165, 1.54) is 42.7 Å². The number of imidazole rings is 1. The zero-order chi connectivity index (χ0) is 27.9. The predicted molar refractivity (Wildman–Crippen MR) is 136 cm³/mol. The number of benzene rings is 3. The smallest absolute Gasteiger partial charge is 0.307 e. The van der Waals surface area contributed by atoms with Gasteiger partial charge in [0.05, 0.1) is 12.0 Å². The number of halogens is 3. The zero-order valence-corrected chi connectivity index (χ0v) is 21.1. The van der Waals surface area contributed by atoms with Crippen molar-refractivity contribution in [1.82, 2.24) is 15.0 Å². The number of nitrogens with one attached hydrogen (secondary N) is 2. The number of rotatable bonds is 8. The van der Waals surface area contributed by atoms with Gasteiger partial charge >= 0.3 is 5.97 Å². The molecule has 0 fully saturated rings. The molecule has 0 saturated carbocycles. The van der Waals surface area contributed by atoms with Crippen LogP contribution < -0.4 is 4.74 Å². The third-order valence-corrected chi connectivity index (χ3v) is 7.16. The van der Waals surface area contributed by atoms with Gasteiger partial charge in [0.2, 0.25) is 0 Å². The molecule has 0 spiro atoms. The number of ether oxygens (including phenoxy) is 1. The molecular weight excluding hydrogens is 535 g/mol. The number of carboxylic acids is 1. The monoisotopic (exact) mass is 555 g/mol. The molecule has 0 saturated heterocycles. The molecule has 200 valence electrons. The fourth-order valence-electron chi connectivity index (χ4n) is 4.31. The maximum absolute atomic E-state index is 15.0. The summed E-state index contributed by atoms with van der Waals surface area (Å²) in [7, 11) is -3.92. The summed E-state index contributed by atoms with van der Waals surface area (Å²) in [6.07, 6.45) is 3.35. The number of aromatic amines is 2. The molecule has 0 aliphatic heterocycles. The highest BCUT2D eigenvalue weighted by atomic mass is 32.2. The van der Waals surface area contributed by atoms with Crippen molar-refractivity contribution in [1.29, 1.82) is 0 Å². The number of hydrogen-bond acceptors (Lipinski definition) is 5. The average Bonchev–Trinajstić information content (AvgIpc) is 3.51. The van der Waals surface area contributed by atoms with Gasteiger partial charge in [-0.3, -0.25) is 4.79 Å². The van der Waals surface area contributed by atoms with Gasteiger partial charge in [-0.1, -0.05) is 18.2 Å². The Morgan fingerprint density at radius 2 is 1.82 bits per heavy atom. The first-order valence-electron chi connectivity index (χ1n) is 11.5. The Morgan fingerprint density at radius 1 is 1.05 bits per heavy atom. The summed E-state index contributed by atoms with van der Waals surface area (Å²) in [5.41, 5.74) is 0.904. The maximum atomic E-state index is 15.0. The van der Waals surface area contributed by atoms with E-state index in [2.05, 4.69) is 15.0 Å². The quantitative estimate of drug-likeness (QED) is 0.236. The molecule has 5 aromatic rings. The first-order valence-corrected chi connectivity index (χ1v) is 13.4. The van der Waals surface area contributed by atoms with E-state index in [1.54, 1.807) is 6.07 Å². The Labute approximate surface area is 220 Å². The molecule has 12 heteroatoms. The van der Waals surface area contributed by atoms with Crippen molar-refractivity contribution >= 4 is 26.7 Å². The van der Waals surface area contributed by atoms with E-state index < -0.39 is 45.4 Å². The second-order valence-electron chi connectivity index (χ2n) is 8.87. The van der Waals surface area contributed by atoms with Gasteiger partial charge < -0.3 is 19.8 Å². The molecule has 3 aromatic carbocycles. The van der Waals surface area contributed by atoms with E-state index in [4.69, 9.17) is 9.84 Å². The third-order valence-electron chi connectivity index (χ3n) is 6.01. The van der Waals surface area contributed by atoms with Crippen molar-refractivity contribution in [2.45, 2.75) is 17.7 Å². The molecule has 5 rings (SSSR count). The number of fused-ring (bicyclic) bond motifs is 1. The second kappa shape index (κ2) is 9.95. The Kier molecular flexibility index (Phi) is 6.64. The molecule has 0 unspecified atom stereocenters. The van der Waals surface area contributed by atoms with Crippen molar-refractivity contribution in [3.8, 4) is 22.9 Å². The highest BCUT2D eigenvalue weighted by Crippen LogP contribution is 2.38. The van der Waals surface area contributed by atoms with Crippen LogP contribution in [0.25, 0.3) is 22.3 Å². The third kappa shape index (κ3) is 5.23. The molecule has 2 heterocycles. The van der Waals surface area contributed by atoms with Crippen molar-refractivity contribution in [3.05, 3.63) is 95.2 Å². The van der Waals surface area contributed by atoms with Gasteiger partial charge in [0.1, 0.15) is 28.1 Å². The molecule has 0 radical (unpaired) electrons. The zero-order valence-electron chi connectivity index (χ0n) is 20.3. The van der Waals surface area contributed by atoms with E-state index in [0.29, 0.717) is 5.69 Å². The highest BCUT2D eigenvalue weighted by molar-refractivity contribution is 7.91. The Balaban J connectivity index is 1.47. The van der Waals surface area contributed by atoms with Crippen LogP contribution in [0.15, 0.2) is 65.8 Å². The summed E-state index contributed by atoms with van der Waals surface area (Å²) in [6, 6.07) is 10.5. The molecule has 39 heavy (non-hydrogen) atoms. The molecule has 0 atom stereocenters. The lowest BCUT2D eigenvalue weighted by Gasteiger charge is -2.13. The van der Waals surface area contributed by atoms with Gasteiger partial charge in [0.25, 0.3) is 0 Å². The maximum Gasteiger partial charge on any atom is 0.307 e. The molecule has 0 aliphatic rings. The van der Waals surface area contributed by atoms with Crippen LogP contribution in [-0.2, 0) is 27.5 Å². The van der Waals surface area contributed by atoms with Crippen LogP contribution in [0.3, 0.4) is 0 Å². The average molecular weight is 556 g/mol. The lowest BCUT2D eigenvalue weighted by Crippen LogP contribution is -2.05. The molecule has 0 amide bonds. The molecule has 3 N–H and O–H groups in total. The minimum atomic E-state index is -3.92. The fraction of sp³-hybridized carbons (Fsp3) is 0.111. The first kappa shape index (κ1) is 26.0. The van der Waals surface area contributed by atoms with Crippen LogP contribution >= 0.6 is 0 Å². The Morgan fingerprint density at radius 3 is 2.56 bits per heavy atom. The van der Waals surface area contributed by atoms with Crippen molar-refractivity contribution < 1.29 is 36.2 Å². The number of sulfone groups is 1. The minimum absolute atomic E-state index is 0.0315. The number of hydrogen-bond donors (Lipinski definition) is 3. The van der Waals surface area contributed by atoms with E-state index >= 15 is 0 Å². The summed E-state index contributed by atoms with van der Waals surface area (Å²) < 4.78 is 75.1. The molecule has 0 bridgehead atoms. The summed E-state index contributed by atoms with van der Waals surface area (Å²) >= 11 is 0. The van der Waals surface area contributed by atoms with Gasteiger partial charge in [-0.05, 0) is 35.4 Å². The number of aromatic nitrogens is 3. The van der Waals surface area contributed by atoms with Crippen LogP contribution in [0.1, 0.15) is 16.8 Å². The van der Waals surface area contributed by atoms with Crippen LogP contribution in [-0.4, -0.2) is 40.7 Å². The van der Waals surface area contributed by atoms with Crippen LogP contribution in [0.4, 0.5) is 13.2 Å². The number of carboxylic acid groups (broad SMARTS) is 1. The normalized spacial score (nSPS) is 11.7. The minimum Gasteiger partial charge on any atom is -0.481 e. The second-order valence-corrected chi connectivity index (χ2v) is 10.8. The Bertz CT molecular complexity index is 1850. The van der Waals surface area contributed by atoms with Crippen molar-refractivity contribution in [3.63, 3.8) is 0 Å². The Hall–Kier alpha value is -4.58. The van der Waals surface area contributed by atoms with Crippen molar-refractivity contribution in [2.75, 3.05) is 6.26 Å². The lowest BCUT2D eigenvalue weighted by atomic mass is 10.0. The van der Waals surface area contributed by atoms with Gasteiger partial charge in [-0.25, -0.2) is 26.6 Å². The molecule has 2 aromatic heterocycles. The summed E-state index contributed by atoms with van der Waals surface area (Å²) in [4.78, 5) is 20.5. The fourth-order valence-corrected chi connectivity index (χ4v) is 5.37. The number of nitrogens with zero attached hydrogens (tertiary/aromatic N) is 1. The molecule has 0 aliphatic carbocycles. The highest BCUT2D eigenvalue weighted by Gasteiger charge is 2.25. The SMILES string of the molecule is CS(=O)(=O)c1c(Oc2ccc(F)c(-c3ncc(Cc4cccc(CC(=O)O)c4F)[nH]3)c2)c(F)cc2[nH]ccc12. The first-order chi connectivity index (χ1) is 18.5. The topological polar surface area (TPSA) is 125 Å². The van der Waals surface area contributed by atoms with E-state index in [-0.39, 0.29) is 50.5 Å². The number of aliphatic carboxylic acids is 1. The lowest BCUT2D eigenvalue weighted by molar-refractivity contribution is -0.136. The largest absolute Gasteiger partial charge is 0.481 e. The predicted octanol–water partition coefficient (Wildman–Crippen LogP) is 5.39.